The largest absolute Gasteiger partial charge is 0.507 e. The standard InChI is InChI=1S/C23H25BrN2O4/c1-14(2)30-11-5-10-26-20(17-6-4-9-25-13-17)19(22(28)23(26)29)21(27)16-7-8-18(24)15(3)12-16/h4,6-9,12-14,20,27H,5,10-11H2,1-3H3/b21-19-. The quantitative estimate of drug-likeness (QED) is 0.279. The molecular weight excluding hydrogens is 448 g/mol. The third-order valence-corrected chi connectivity index (χ3v) is 5.86. The molecule has 3 rings (SSSR count). The Morgan fingerprint density at radius 1 is 1.30 bits per heavy atom. The van der Waals surface area contributed by atoms with Crippen molar-refractivity contribution in [2.75, 3.05) is 13.2 Å². The molecule has 7 heteroatoms. The molecule has 0 radical (unpaired) electrons. The highest BCUT2D eigenvalue weighted by atomic mass is 79.9. The predicted molar refractivity (Wildman–Crippen MR) is 118 cm³/mol. The van der Waals surface area contributed by atoms with Crippen LogP contribution in [-0.4, -0.2) is 45.9 Å². The second kappa shape index (κ2) is 9.53. The highest BCUT2D eigenvalue weighted by Gasteiger charge is 2.45. The number of aliphatic hydroxyl groups is 1. The topological polar surface area (TPSA) is 79.7 Å². The average molecular weight is 473 g/mol. The van der Waals surface area contributed by atoms with E-state index in [-0.39, 0.29) is 17.4 Å². The minimum atomic E-state index is -0.693. The fraction of sp³-hybridized carbons (Fsp3) is 0.348. The number of ketones is 1. The van der Waals surface area contributed by atoms with Crippen LogP contribution in [0.2, 0.25) is 0 Å². The molecule has 1 N–H and O–H groups in total. The molecule has 1 aliphatic rings. The number of amides is 1. The lowest BCUT2D eigenvalue weighted by Gasteiger charge is -2.25. The highest BCUT2D eigenvalue weighted by Crippen LogP contribution is 2.39. The molecule has 158 valence electrons. The monoisotopic (exact) mass is 472 g/mol. The van der Waals surface area contributed by atoms with Crippen LogP contribution in [0.4, 0.5) is 0 Å². The van der Waals surface area contributed by atoms with Crippen LogP contribution in [0.25, 0.3) is 5.76 Å². The van der Waals surface area contributed by atoms with Gasteiger partial charge in [-0.05, 0) is 56.5 Å². The van der Waals surface area contributed by atoms with Gasteiger partial charge in [-0.1, -0.05) is 28.1 Å². The fourth-order valence-electron chi connectivity index (χ4n) is 3.50. The van der Waals surface area contributed by atoms with Gasteiger partial charge in [-0.3, -0.25) is 14.6 Å². The number of Topliss-reactive ketones (excluding diaryl/α,β-unsaturated/α-hetero) is 1. The van der Waals surface area contributed by atoms with Gasteiger partial charge in [-0.15, -0.1) is 0 Å². The van der Waals surface area contributed by atoms with Crippen LogP contribution in [-0.2, 0) is 14.3 Å². The molecule has 0 bridgehead atoms. The molecule has 1 unspecified atom stereocenters. The van der Waals surface area contributed by atoms with E-state index in [0.29, 0.717) is 30.7 Å². The number of halogens is 1. The van der Waals surface area contributed by atoms with Crippen molar-refractivity contribution >= 4 is 33.4 Å². The number of nitrogens with zero attached hydrogens (tertiary/aromatic N) is 2. The number of ether oxygens (including phenoxy) is 1. The van der Waals surface area contributed by atoms with Gasteiger partial charge in [0.25, 0.3) is 11.7 Å². The summed E-state index contributed by atoms with van der Waals surface area (Å²) in [5.74, 6) is -1.49. The molecule has 0 saturated carbocycles. The Bertz CT molecular complexity index is 972. The van der Waals surface area contributed by atoms with Crippen molar-refractivity contribution in [2.24, 2.45) is 0 Å². The summed E-state index contributed by atoms with van der Waals surface area (Å²) in [5.41, 5.74) is 2.17. The number of aliphatic hydroxyl groups excluding tert-OH is 1. The SMILES string of the molecule is Cc1cc(/C(O)=C2/C(=O)C(=O)N(CCCOC(C)C)C2c2cccnc2)ccc1Br. The summed E-state index contributed by atoms with van der Waals surface area (Å²) < 4.78 is 6.47. The minimum Gasteiger partial charge on any atom is -0.507 e. The Labute approximate surface area is 184 Å². The van der Waals surface area contributed by atoms with Crippen molar-refractivity contribution in [1.82, 2.24) is 9.88 Å². The molecule has 1 aliphatic heterocycles. The number of hydrogen-bond donors (Lipinski definition) is 1. The van der Waals surface area contributed by atoms with Crippen LogP contribution >= 0.6 is 15.9 Å². The van der Waals surface area contributed by atoms with Gasteiger partial charge in [0.15, 0.2) is 0 Å². The second-order valence-corrected chi connectivity index (χ2v) is 8.37. The zero-order valence-electron chi connectivity index (χ0n) is 17.3. The molecule has 0 aliphatic carbocycles. The molecule has 1 aromatic heterocycles. The maximum atomic E-state index is 12.9. The van der Waals surface area contributed by atoms with E-state index < -0.39 is 17.7 Å². The van der Waals surface area contributed by atoms with E-state index in [1.807, 2.05) is 26.8 Å². The fourth-order valence-corrected chi connectivity index (χ4v) is 3.74. The molecule has 0 spiro atoms. The van der Waals surface area contributed by atoms with Crippen molar-refractivity contribution < 1.29 is 19.4 Å². The van der Waals surface area contributed by atoms with E-state index in [4.69, 9.17) is 4.74 Å². The number of rotatable bonds is 7. The lowest BCUT2D eigenvalue weighted by Crippen LogP contribution is -2.31. The van der Waals surface area contributed by atoms with E-state index in [1.54, 1.807) is 36.7 Å². The summed E-state index contributed by atoms with van der Waals surface area (Å²) in [5, 5.41) is 11.0. The number of hydrogen-bond acceptors (Lipinski definition) is 5. The number of benzene rings is 1. The Kier molecular flexibility index (Phi) is 7.05. The van der Waals surface area contributed by atoms with Crippen LogP contribution in [0.5, 0.6) is 0 Å². The number of pyridine rings is 1. The first-order valence-electron chi connectivity index (χ1n) is 9.87. The summed E-state index contributed by atoms with van der Waals surface area (Å²) in [6, 6.07) is 8.17. The average Bonchev–Trinajstić information content (AvgIpc) is 2.98. The number of likely N-dealkylation sites (tertiary alicyclic amines) is 1. The normalized spacial score (nSPS) is 18.4. The summed E-state index contributed by atoms with van der Waals surface area (Å²) in [7, 11) is 0. The first kappa shape index (κ1) is 22.2. The Hall–Kier alpha value is -2.51. The number of aryl methyl sites for hydroxylation is 1. The molecule has 1 atom stereocenters. The second-order valence-electron chi connectivity index (χ2n) is 7.52. The Balaban J connectivity index is 2.02. The number of carbonyl (C=O) groups is 2. The minimum absolute atomic E-state index is 0.0829. The van der Waals surface area contributed by atoms with Crippen LogP contribution in [0.15, 0.2) is 52.8 Å². The van der Waals surface area contributed by atoms with E-state index in [1.165, 1.54) is 4.90 Å². The molecule has 2 heterocycles. The van der Waals surface area contributed by atoms with Crippen molar-refractivity contribution in [3.63, 3.8) is 0 Å². The maximum absolute atomic E-state index is 12.9. The molecule has 1 amide bonds. The molecule has 1 aromatic carbocycles. The van der Waals surface area contributed by atoms with Crippen LogP contribution < -0.4 is 0 Å². The third-order valence-electron chi connectivity index (χ3n) is 4.97. The zero-order chi connectivity index (χ0) is 21.8. The lowest BCUT2D eigenvalue weighted by atomic mass is 9.96. The Morgan fingerprint density at radius 2 is 2.07 bits per heavy atom. The van der Waals surface area contributed by atoms with Gasteiger partial charge in [0.1, 0.15) is 5.76 Å². The van der Waals surface area contributed by atoms with Crippen LogP contribution in [0, 0.1) is 6.92 Å². The van der Waals surface area contributed by atoms with Crippen molar-refractivity contribution in [3.05, 3.63) is 69.5 Å². The summed E-state index contributed by atoms with van der Waals surface area (Å²) in [4.78, 5) is 31.4. The van der Waals surface area contributed by atoms with Gasteiger partial charge in [0, 0.05) is 35.6 Å². The smallest absolute Gasteiger partial charge is 0.295 e. The van der Waals surface area contributed by atoms with Crippen LogP contribution in [0.1, 0.15) is 43.0 Å². The molecule has 1 saturated heterocycles. The predicted octanol–water partition coefficient (Wildman–Crippen LogP) is 4.39. The molecular formula is C23H25BrN2O4. The maximum Gasteiger partial charge on any atom is 0.295 e. The van der Waals surface area contributed by atoms with Gasteiger partial charge in [0.05, 0.1) is 17.7 Å². The lowest BCUT2D eigenvalue weighted by molar-refractivity contribution is -0.140. The molecule has 1 fully saturated rings. The number of carbonyl (C=O) groups excluding carboxylic acids is 2. The first-order chi connectivity index (χ1) is 14.3. The van der Waals surface area contributed by atoms with E-state index in [0.717, 1.165) is 10.0 Å². The van der Waals surface area contributed by atoms with E-state index >= 15 is 0 Å². The van der Waals surface area contributed by atoms with Gasteiger partial charge in [0.2, 0.25) is 0 Å². The molecule has 30 heavy (non-hydrogen) atoms. The number of aromatic nitrogens is 1. The Morgan fingerprint density at radius 3 is 2.70 bits per heavy atom. The first-order valence-corrected chi connectivity index (χ1v) is 10.7. The van der Waals surface area contributed by atoms with Gasteiger partial charge >= 0.3 is 0 Å². The third kappa shape index (κ3) is 4.63. The van der Waals surface area contributed by atoms with Crippen LogP contribution in [0.3, 0.4) is 0 Å². The van der Waals surface area contributed by atoms with Gasteiger partial charge in [-0.2, -0.15) is 0 Å². The summed E-state index contributed by atoms with van der Waals surface area (Å²) in [6.07, 6.45) is 3.92. The molecule has 6 nitrogen and oxygen atoms in total. The highest BCUT2D eigenvalue weighted by molar-refractivity contribution is 9.10. The van der Waals surface area contributed by atoms with Crippen molar-refractivity contribution in [2.45, 2.75) is 39.3 Å². The van der Waals surface area contributed by atoms with Crippen molar-refractivity contribution in [1.29, 1.82) is 0 Å². The zero-order valence-corrected chi connectivity index (χ0v) is 18.8. The van der Waals surface area contributed by atoms with E-state index in [9.17, 15) is 14.7 Å². The van der Waals surface area contributed by atoms with Gasteiger partial charge in [-0.25, -0.2) is 0 Å². The summed E-state index contributed by atoms with van der Waals surface area (Å²) >= 11 is 3.44. The molecule has 2 aromatic rings. The van der Waals surface area contributed by atoms with E-state index in [2.05, 4.69) is 20.9 Å². The van der Waals surface area contributed by atoms with Gasteiger partial charge < -0.3 is 14.7 Å². The van der Waals surface area contributed by atoms with Crippen molar-refractivity contribution in [3.8, 4) is 0 Å². The summed E-state index contributed by atoms with van der Waals surface area (Å²) in [6.45, 7) is 6.61.